The summed E-state index contributed by atoms with van der Waals surface area (Å²) >= 11 is 1.46. The van der Waals surface area contributed by atoms with Crippen LogP contribution in [-0.2, 0) is 0 Å². The van der Waals surface area contributed by atoms with Gasteiger partial charge in [0, 0.05) is 18.1 Å². The molecule has 1 aromatic carbocycles. The molecule has 0 saturated heterocycles. The van der Waals surface area contributed by atoms with Crippen molar-refractivity contribution >= 4 is 39.1 Å². The van der Waals surface area contributed by atoms with Gasteiger partial charge in [0.2, 0.25) is 5.95 Å². The molecule has 2 aromatic heterocycles. The fourth-order valence-electron chi connectivity index (χ4n) is 1.95. The Morgan fingerprint density at radius 2 is 2.00 bits per heavy atom. The summed E-state index contributed by atoms with van der Waals surface area (Å²) in [5, 5.41) is 7.58. The van der Waals surface area contributed by atoms with Crippen LogP contribution < -0.4 is 10.6 Å². The standard InChI is InChI=1S/C15H14N4OS/c1-9-3-5-10(6-4-9)18-14(20)11-8-21-12-7-17-15(16-2)19-13(11)12/h3-8H,1-2H3,(H,18,20)(H,16,17,19). The second kappa shape index (κ2) is 5.49. The van der Waals surface area contributed by atoms with Crippen LogP contribution in [0.2, 0.25) is 0 Å². The number of carbonyl (C=O) groups is 1. The molecule has 0 aliphatic heterocycles. The highest BCUT2D eigenvalue weighted by Crippen LogP contribution is 2.25. The first-order valence-electron chi connectivity index (χ1n) is 6.47. The highest BCUT2D eigenvalue weighted by atomic mass is 32.1. The molecule has 1 amide bonds. The number of aromatic nitrogens is 2. The number of hydrogen-bond acceptors (Lipinski definition) is 5. The molecule has 0 unspecified atom stereocenters. The lowest BCUT2D eigenvalue weighted by atomic mass is 10.2. The van der Waals surface area contributed by atoms with Crippen LogP contribution in [0.25, 0.3) is 10.2 Å². The van der Waals surface area contributed by atoms with Crippen LogP contribution >= 0.6 is 11.3 Å². The summed E-state index contributed by atoms with van der Waals surface area (Å²) in [6.45, 7) is 2.01. The molecular formula is C15H14N4OS. The SMILES string of the molecule is CNc1ncc2scc(C(=O)Nc3ccc(C)cc3)c2n1. The van der Waals surface area contributed by atoms with Crippen molar-refractivity contribution in [1.29, 1.82) is 0 Å². The molecule has 0 fully saturated rings. The van der Waals surface area contributed by atoms with Crippen molar-refractivity contribution in [2.24, 2.45) is 0 Å². The predicted octanol–water partition coefficient (Wildman–Crippen LogP) is 3.29. The number of fused-ring (bicyclic) bond motifs is 1. The van der Waals surface area contributed by atoms with Crippen molar-refractivity contribution in [1.82, 2.24) is 9.97 Å². The van der Waals surface area contributed by atoms with Crippen molar-refractivity contribution in [3.63, 3.8) is 0 Å². The minimum atomic E-state index is -0.161. The molecule has 2 heterocycles. The van der Waals surface area contributed by atoms with Gasteiger partial charge in [-0.15, -0.1) is 11.3 Å². The fourth-order valence-corrected chi connectivity index (χ4v) is 2.79. The summed E-state index contributed by atoms with van der Waals surface area (Å²) in [6.07, 6.45) is 1.72. The Kier molecular flexibility index (Phi) is 3.53. The second-order valence-electron chi connectivity index (χ2n) is 4.63. The van der Waals surface area contributed by atoms with Gasteiger partial charge in [-0.1, -0.05) is 17.7 Å². The van der Waals surface area contributed by atoms with Gasteiger partial charge in [-0.05, 0) is 19.1 Å². The van der Waals surface area contributed by atoms with E-state index in [0.717, 1.165) is 16.0 Å². The van der Waals surface area contributed by atoms with Crippen LogP contribution in [-0.4, -0.2) is 22.9 Å². The van der Waals surface area contributed by atoms with E-state index in [1.54, 1.807) is 13.2 Å². The number of rotatable bonds is 3. The second-order valence-corrected chi connectivity index (χ2v) is 5.54. The van der Waals surface area contributed by atoms with Gasteiger partial charge in [0.15, 0.2) is 0 Å². The fraction of sp³-hybridized carbons (Fsp3) is 0.133. The van der Waals surface area contributed by atoms with E-state index in [2.05, 4.69) is 20.6 Å². The largest absolute Gasteiger partial charge is 0.357 e. The molecule has 0 bridgehead atoms. The van der Waals surface area contributed by atoms with Crippen molar-refractivity contribution in [2.45, 2.75) is 6.92 Å². The van der Waals surface area contributed by atoms with Gasteiger partial charge in [0.1, 0.15) is 0 Å². The molecule has 3 rings (SSSR count). The van der Waals surface area contributed by atoms with Gasteiger partial charge in [0.05, 0.1) is 22.0 Å². The average molecular weight is 298 g/mol. The highest BCUT2D eigenvalue weighted by Gasteiger charge is 2.14. The van der Waals surface area contributed by atoms with E-state index in [9.17, 15) is 4.79 Å². The van der Waals surface area contributed by atoms with E-state index in [1.807, 2.05) is 36.6 Å². The van der Waals surface area contributed by atoms with Gasteiger partial charge in [0.25, 0.3) is 5.91 Å². The maximum Gasteiger partial charge on any atom is 0.258 e. The molecule has 0 aliphatic rings. The van der Waals surface area contributed by atoms with E-state index >= 15 is 0 Å². The van der Waals surface area contributed by atoms with E-state index in [-0.39, 0.29) is 5.91 Å². The number of benzene rings is 1. The third-order valence-electron chi connectivity index (χ3n) is 3.09. The number of carbonyl (C=O) groups excluding carboxylic acids is 1. The first-order valence-corrected chi connectivity index (χ1v) is 7.35. The summed E-state index contributed by atoms with van der Waals surface area (Å²) in [5.41, 5.74) is 3.16. The molecule has 0 spiro atoms. The summed E-state index contributed by atoms with van der Waals surface area (Å²) in [5.74, 6) is 0.344. The van der Waals surface area contributed by atoms with Crippen molar-refractivity contribution < 1.29 is 4.79 Å². The lowest BCUT2D eigenvalue weighted by Gasteiger charge is -2.05. The summed E-state index contributed by atoms with van der Waals surface area (Å²) in [7, 11) is 1.75. The van der Waals surface area contributed by atoms with Gasteiger partial charge in [-0.25, -0.2) is 9.97 Å². The molecule has 0 saturated carbocycles. The topological polar surface area (TPSA) is 66.9 Å². The average Bonchev–Trinajstić information content (AvgIpc) is 2.92. The number of aryl methyl sites for hydroxylation is 1. The normalized spacial score (nSPS) is 10.6. The molecule has 6 heteroatoms. The summed E-state index contributed by atoms with van der Waals surface area (Å²) in [4.78, 5) is 20.9. The molecule has 3 aromatic rings. The molecule has 5 nitrogen and oxygen atoms in total. The van der Waals surface area contributed by atoms with E-state index < -0.39 is 0 Å². The molecule has 21 heavy (non-hydrogen) atoms. The summed E-state index contributed by atoms with van der Waals surface area (Å²) in [6, 6.07) is 7.69. The Labute approximate surface area is 126 Å². The first-order chi connectivity index (χ1) is 10.2. The summed E-state index contributed by atoms with van der Waals surface area (Å²) < 4.78 is 0.892. The maximum absolute atomic E-state index is 12.4. The number of nitrogens with one attached hydrogen (secondary N) is 2. The number of anilines is 2. The minimum Gasteiger partial charge on any atom is -0.357 e. The molecule has 0 radical (unpaired) electrons. The molecular weight excluding hydrogens is 284 g/mol. The molecule has 0 atom stereocenters. The van der Waals surface area contributed by atoms with Crippen molar-refractivity contribution in [2.75, 3.05) is 17.7 Å². The number of thiophene rings is 1. The quantitative estimate of drug-likeness (QED) is 0.778. The lowest BCUT2D eigenvalue weighted by molar-refractivity contribution is 0.102. The van der Waals surface area contributed by atoms with Gasteiger partial charge < -0.3 is 10.6 Å². The predicted molar refractivity (Wildman–Crippen MR) is 86.1 cm³/mol. The molecule has 106 valence electrons. The number of nitrogens with zero attached hydrogens (tertiary/aromatic N) is 2. The number of amides is 1. The Morgan fingerprint density at radius 1 is 1.24 bits per heavy atom. The van der Waals surface area contributed by atoms with E-state index in [4.69, 9.17) is 0 Å². The molecule has 0 aliphatic carbocycles. The Morgan fingerprint density at radius 3 is 2.71 bits per heavy atom. The van der Waals surface area contributed by atoms with Crippen LogP contribution in [0.5, 0.6) is 0 Å². The Bertz CT molecular complexity index is 795. The van der Waals surface area contributed by atoms with Gasteiger partial charge >= 0.3 is 0 Å². The van der Waals surface area contributed by atoms with Crippen LogP contribution in [0.1, 0.15) is 15.9 Å². The molecule has 2 N–H and O–H groups in total. The Hall–Kier alpha value is -2.47. The van der Waals surface area contributed by atoms with Crippen LogP contribution in [0.15, 0.2) is 35.8 Å². The van der Waals surface area contributed by atoms with Crippen molar-refractivity contribution in [3.05, 3.63) is 47.0 Å². The number of hydrogen-bond donors (Lipinski definition) is 2. The van der Waals surface area contributed by atoms with Gasteiger partial charge in [-0.3, -0.25) is 4.79 Å². The first kappa shape index (κ1) is 13.5. The van der Waals surface area contributed by atoms with Gasteiger partial charge in [-0.2, -0.15) is 0 Å². The highest BCUT2D eigenvalue weighted by molar-refractivity contribution is 7.17. The third kappa shape index (κ3) is 2.71. The van der Waals surface area contributed by atoms with E-state index in [0.29, 0.717) is 17.0 Å². The van der Waals surface area contributed by atoms with Crippen molar-refractivity contribution in [3.8, 4) is 0 Å². The van der Waals surface area contributed by atoms with Crippen LogP contribution in [0.4, 0.5) is 11.6 Å². The zero-order valence-electron chi connectivity index (χ0n) is 11.7. The minimum absolute atomic E-state index is 0.161. The van der Waals surface area contributed by atoms with Crippen LogP contribution in [0, 0.1) is 6.92 Å². The van der Waals surface area contributed by atoms with Crippen LogP contribution in [0.3, 0.4) is 0 Å². The zero-order chi connectivity index (χ0) is 14.8. The lowest BCUT2D eigenvalue weighted by Crippen LogP contribution is -2.11. The third-order valence-corrected chi connectivity index (χ3v) is 4.00. The monoisotopic (exact) mass is 298 g/mol. The maximum atomic E-state index is 12.4. The smallest absolute Gasteiger partial charge is 0.258 e. The van der Waals surface area contributed by atoms with E-state index in [1.165, 1.54) is 11.3 Å². The Balaban J connectivity index is 1.92. The zero-order valence-corrected chi connectivity index (χ0v) is 12.5.